The molecule has 3 aromatic heterocycles. The molecule has 1 aromatic carbocycles. The molecule has 1 amide bonds. The highest BCUT2D eigenvalue weighted by Crippen LogP contribution is 2.19. The second kappa shape index (κ2) is 7.67. The zero-order valence-corrected chi connectivity index (χ0v) is 16.4. The summed E-state index contributed by atoms with van der Waals surface area (Å²) in [5, 5.41) is 8.14. The summed E-state index contributed by atoms with van der Waals surface area (Å²) < 4.78 is 6.80. The van der Waals surface area contributed by atoms with Gasteiger partial charge in [-0.3, -0.25) is 4.79 Å². The van der Waals surface area contributed by atoms with Crippen LogP contribution < -0.4 is 0 Å². The van der Waals surface area contributed by atoms with Crippen molar-refractivity contribution in [1.82, 2.24) is 29.8 Å². The Morgan fingerprint density at radius 3 is 2.55 bits per heavy atom. The van der Waals surface area contributed by atoms with E-state index in [0.29, 0.717) is 29.6 Å². The highest BCUT2D eigenvalue weighted by molar-refractivity contribution is 5.95. The Balaban J connectivity index is 1.54. The lowest BCUT2D eigenvalue weighted by Crippen LogP contribution is -2.26. The molecule has 0 bridgehead atoms. The molecule has 8 heteroatoms. The lowest BCUT2D eigenvalue weighted by Gasteiger charge is -2.17. The van der Waals surface area contributed by atoms with E-state index in [0.717, 1.165) is 16.8 Å². The van der Waals surface area contributed by atoms with Gasteiger partial charge in [-0.15, -0.1) is 0 Å². The van der Waals surface area contributed by atoms with Crippen molar-refractivity contribution in [3.05, 3.63) is 77.5 Å². The number of aryl methyl sites for hydroxylation is 1. The summed E-state index contributed by atoms with van der Waals surface area (Å²) >= 11 is 0. The van der Waals surface area contributed by atoms with E-state index in [2.05, 4.69) is 20.2 Å². The fraction of sp³-hybridized carbons (Fsp3) is 0.190. The molecule has 0 spiro atoms. The Morgan fingerprint density at radius 1 is 1.10 bits per heavy atom. The van der Waals surface area contributed by atoms with Gasteiger partial charge in [0.15, 0.2) is 11.6 Å². The normalized spacial score (nSPS) is 10.9. The van der Waals surface area contributed by atoms with Gasteiger partial charge in [0.2, 0.25) is 0 Å². The number of rotatable bonds is 5. The maximum atomic E-state index is 12.9. The first-order valence-electron chi connectivity index (χ1n) is 9.14. The van der Waals surface area contributed by atoms with E-state index in [9.17, 15) is 4.79 Å². The first-order chi connectivity index (χ1) is 14.0. The van der Waals surface area contributed by atoms with Gasteiger partial charge in [0.25, 0.3) is 11.8 Å². The minimum absolute atomic E-state index is 0.0874. The van der Waals surface area contributed by atoms with Crippen LogP contribution in [0.3, 0.4) is 0 Å². The summed E-state index contributed by atoms with van der Waals surface area (Å²) in [5.74, 6) is 1.50. The Labute approximate surface area is 167 Å². The van der Waals surface area contributed by atoms with Gasteiger partial charge in [-0.05, 0) is 31.5 Å². The summed E-state index contributed by atoms with van der Waals surface area (Å²) in [7, 11) is 1.78. The predicted octanol–water partition coefficient (Wildman–Crippen LogP) is 3.21. The quantitative estimate of drug-likeness (QED) is 0.521. The average Bonchev–Trinajstić information content (AvgIpc) is 3.34. The third-order valence-electron chi connectivity index (χ3n) is 4.59. The number of nitrogens with zero attached hydrogens (tertiary/aromatic N) is 6. The Bertz CT molecular complexity index is 1130. The zero-order valence-electron chi connectivity index (χ0n) is 16.4. The van der Waals surface area contributed by atoms with Crippen LogP contribution in [0.1, 0.15) is 27.4 Å². The topological polar surface area (TPSA) is 89.9 Å². The van der Waals surface area contributed by atoms with Gasteiger partial charge in [-0.1, -0.05) is 35.5 Å². The number of hydrogen-bond acceptors (Lipinski definition) is 6. The molecule has 0 fully saturated rings. The molecule has 146 valence electrons. The molecule has 0 radical (unpaired) electrons. The molecule has 0 aliphatic heterocycles. The van der Waals surface area contributed by atoms with Gasteiger partial charge in [-0.25, -0.2) is 9.67 Å². The Morgan fingerprint density at radius 2 is 1.90 bits per heavy atom. The smallest absolute Gasteiger partial charge is 0.259 e. The van der Waals surface area contributed by atoms with Gasteiger partial charge < -0.3 is 9.42 Å². The molecule has 29 heavy (non-hydrogen) atoms. The van der Waals surface area contributed by atoms with Crippen LogP contribution in [-0.4, -0.2) is 42.8 Å². The summed E-state index contributed by atoms with van der Waals surface area (Å²) in [6.07, 6.45) is 3.22. The van der Waals surface area contributed by atoms with Crippen LogP contribution >= 0.6 is 0 Å². The van der Waals surface area contributed by atoms with Crippen molar-refractivity contribution >= 4 is 5.91 Å². The van der Waals surface area contributed by atoms with Crippen LogP contribution in [0, 0.1) is 13.8 Å². The monoisotopic (exact) mass is 388 g/mol. The number of hydrogen-bond donors (Lipinski definition) is 0. The minimum atomic E-state index is -0.0874. The lowest BCUT2D eigenvalue weighted by atomic mass is 10.2. The molecule has 0 aliphatic carbocycles. The minimum Gasteiger partial charge on any atom is -0.337 e. The highest BCUT2D eigenvalue weighted by atomic mass is 16.5. The number of amides is 1. The summed E-state index contributed by atoms with van der Waals surface area (Å²) in [5.41, 5.74) is 3.06. The molecule has 8 nitrogen and oxygen atoms in total. The highest BCUT2D eigenvalue weighted by Gasteiger charge is 2.19. The van der Waals surface area contributed by atoms with Crippen LogP contribution in [0.2, 0.25) is 0 Å². The van der Waals surface area contributed by atoms with Crippen LogP contribution in [0.4, 0.5) is 0 Å². The van der Waals surface area contributed by atoms with E-state index in [4.69, 9.17) is 4.52 Å². The molecular formula is C21H20N6O2. The number of aromatic nitrogens is 5. The maximum absolute atomic E-state index is 12.9. The largest absolute Gasteiger partial charge is 0.337 e. The molecule has 4 aromatic rings. The van der Waals surface area contributed by atoms with Gasteiger partial charge in [0.1, 0.15) is 0 Å². The summed E-state index contributed by atoms with van der Waals surface area (Å²) in [4.78, 5) is 23.2. The van der Waals surface area contributed by atoms with E-state index in [1.807, 2.05) is 43.3 Å². The standard InChI is InChI=1S/C21H20N6O2/c1-14-18(21(28)26(3)13-16-7-5-4-6-8-16)12-23-27(14)19-10-9-17(11-22-19)20-24-15(2)25-29-20/h4-12H,13H2,1-3H3. The molecule has 0 saturated heterocycles. The third kappa shape index (κ3) is 3.77. The zero-order chi connectivity index (χ0) is 20.4. The van der Waals surface area contributed by atoms with Crippen molar-refractivity contribution in [2.75, 3.05) is 7.05 Å². The van der Waals surface area contributed by atoms with Gasteiger partial charge in [0, 0.05) is 19.8 Å². The molecule has 4 rings (SSSR count). The van der Waals surface area contributed by atoms with Gasteiger partial charge in [0.05, 0.1) is 23.0 Å². The van der Waals surface area contributed by atoms with Crippen molar-refractivity contribution in [2.45, 2.75) is 20.4 Å². The number of pyridine rings is 1. The van der Waals surface area contributed by atoms with E-state index in [1.54, 1.807) is 42.0 Å². The van der Waals surface area contributed by atoms with Crippen molar-refractivity contribution < 1.29 is 9.32 Å². The first kappa shape index (κ1) is 18.5. The molecule has 3 heterocycles. The SMILES string of the molecule is Cc1noc(-c2ccc(-n3ncc(C(=O)N(C)Cc4ccccc4)c3C)nc2)n1. The van der Waals surface area contributed by atoms with E-state index >= 15 is 0 Å². The van der Waals surface area contributed by atoms with Crippen molar-refractivity contribution in [1.29, 1.82) is 0 Å². The van der Waals surface area contributed by atoms with E-state index in [-0.39, 0.29) is 5.91 Å². The van der Waals surface area contributed by atoms with Crippen molar-refractivity contribution in [3.63, 3.8) is 0 Å². The number of carbonyl (C=O) groups excluding carboxylic acids is 1. The predicted molar refractivity (Wildman–Crippen MR) is 106 cm³/mol. The van der Waals surface area contributed by atoms with Gasteiger partial charge >= 0.3 is 0 Å². The van der Waals surface area contributed by atoms with Crippen LogP contribution in [0.15, 0.2) is 59.4 Å². The second-order valence-electron chi connectivity index (χ2n) is 6.75. The molecule has 0 atom stereocenters. The van der Waals surface area contributed by atoms with E-state index < -0.39 is 0 Å². The fourth-order valence-electron chi connectivity index (χ4n) is 3.04. The molecule has 0 saturated carbocycles. The average molecular weight is 388 g/mol. The molecule has 0 N–H and O–H groups in total. The maximum Gasteiger partial charge on any atom is 0.259 e. The Hall–Kier alpha value is -3.81. The molecule has 0 aliphatic rings. The van der Waals surface area contributed by atoms with Crippen LogP contribution in [0.5, 0.6) is 0 Å². The van der Waals surface area contributed by atoms with Crippen molar-refractivity contribution in [3.8, 4) is 17.3 Å². The second-order valence-corrected chi connectivity index (χ2v) is 6.75. The number of benzene rings is 1. The Kier molecular flexibility index (Phi) is 4.90. The first-order valence-corrected chi connectivity index (χ1v) is 9.14. The molecule has 0 unspecified atom stereocenters. The number of carbonyl (C=O) groups is 1. The van der Waals surface area contributed by atoms with Gasteiger partial charge in [-0.2, -0.15) is 10.1 Å². The van der Waals surface area contributed by atoms with E-state index in [1.165, 1.54) is 0 Å². The van der Waals surface area contributed by atoms with Crippen molar-refractivity contribution in [2.24, 2.45) is 0 Å². The van der Waals surface area contributed by atoms with Crippen LogP contribution in [0.25, 0.3) is 17.3 Å². The lowest BCUT2D eigenvalue weighted by molar-refractivity contribution is 0.0784. The summed E-state index contributed by atoms with van der Waals surface area (Å²) in [6, 6.07) is 13.5. The third-order valence-corrected chi connectivity index (χ3v) is 4.59. The van der Waals surface area contributed by atoms with Crippen LogP contribution in [-0.2, 0) is 6.54 Å². The fourth-order valence-corrected chi connectivity index (χ4v) is 3.04. The molecular weight excluding hydrogens is 368 g/mol. The summed E-state index contributed by atoms with van der Waals surface area (Å²) in [6.45, 7) is 4.14.